The summed E-state index contributed by atoms with van der Waals surface area (Å²) in [6, 6.07) is 13.6. The third kappa shape index (κ3) is 3.93. The van der Waals surface area contributed by atoms with Crippen molar-refractivity contribution in [3.05, 3.63) is 65.5 Å². The lowest BCUT2D eigenvalue weighted by Gasteiger charge is -2.02. The van der Waals surface area contributed by atoms with Gasteiger partial charge in [-0.2, -0.15) is 0 Å². The molecule has 2 aromatic rings. The maximum absolute atomic E-state index is 5.74. The maximum atomic E-state index is 5.74. The van der Waals surface area contributed by atoms with Crippen molar-refractivity contribution in [2.24, 2.45) is 0 Å². The molecule has 0 saturated heterocycles. The van der Waals surface area contributed by atoms with Crippen molar-refractivity contribution in [2.75, 3.05) is 6.61 Å². The lowest BCUT2D eigenvalue weighted by atomic mass is 10.2. The molecule has 0 N–H and O–H groups in total. The van der Waals surface area contributed by atoms with Crippen molar-refractivity contribution in [2.45, 2.75) is 0 Å². The fraction of sp³-hybridized carbons (Fsp3) is 0.0714. The maximum Gasteiger partial charge on any atom is 0.132 e. The van der Waals surface area contributed by atoms with E-state index < -0.39 is 0 Å². The summed E-state index contributed by atoms with van der Waals surface area (Å²) in [4.78, 5) is 3.88. The van der Waals surface area contributed by atoms with Gasteiger partial charge < -0.3 is 4.74 Å². The van der Waals surface area contributed by atoms with E-state index in [1.54, 1.807) is 18.3 Å². The molecule has 0 unspecified atom stereocenters. The number of hydrogen-bond acceptors (Lipinski definition) is 2. The Balaban J connectivity index is 1.86. The van der Waals surface area contributed by atoms with Gasteiger partial charge in [0.25, 0.3) is 0 Å². The van der Waals surface area contributed by atoms with E-state index in [0.29, 0.717) is 11.8 Å². The van der Waals surface area contributed by atoms with E-state index in [1.807, 2.05) is 42.5 Å². The number of pyridine rings is 1. The Morgan fingerprint density at radius 2 is 2.00 bits per heavy atom. The van der Waals surface area contributed by atoms with Gasteiger partial charge >= 0.3 is 0 Å². The van der Waals surface area contributed by atoms with Crippen molar-refractivity contribution in [3.63, 3.8) is 0 Å². The molecule has 0 spiro atoms. The molecule has 3 heteroatoms. The monoisotopic (exact) mass is 245 g/mol. The largest absolute Gasteiger partial charge is 0.489 e. The molecule has 86 valence electrons. The fourth-order valence-electron chi connectivity index (χ4n) is 1.37. The van der Waals surface area contributed by atoms with E-state index in [9.17, 15) is 0 Å². The highest BCUT2D eigenvalue weighted by molar-refractivity contribution is 6.29. The number of ether oxygens (including phenoxy) is 1. The van der Waals surface area contributed by atoms with Gasteiger partial charge in [0.15, 0.2) is 0 Å². The van der Waals surface area contributed by atoms with Crippen LogP contribution < -0.4 is 4.74 Å². The SMILES string of the molecule is Clc1cc(OC/C=C/c2ccccc2)ccn1. The molecule has 17 heavy (non-hydrogen) atoms. The molecule has 0 radical (unpaired) electrons. The van der Waals surface area contributed by atoms with Crippen molar-refractivity contribution in [1.29, 1.82) is 0 Å². The topological polar surface area (TPSA) is 22.1 Å². The fourth-order valence-corrected chi connectivity index (χ4v) is 1.53. The average molecular weight is 246 g/mol. The lowest BCUT2D eigenvalue weighted by Crippen LogP contribution is -1.93. The summed E-state index contributed by atoms with van der Waals surface area (Å²) in [5, 5.41) is 0.439. The lowest BCUT2D eigenvalue weighted by molar-refractivity contribution is 0.363. The summed E-state index contributed by atoms with van der Waals surface area (Å²) in [6.45, 7) is 0.509. The molecule has 2 rings (SSSR count). The number of aromatic nitrogens is 1. The molecule has 0 atom stereocenters. The van der Waals surface area contributed by atoms with Gasteiger partial charge in [-0.3, -0.25) is 0 Å². The Hall–Kier alpha value is -1.80. The Morgan fingerprint density at radius 3 is 2.76 bits per heavy atom. The second-order valence-electron chi connectivity index (χ2n) is 3.44. The van der Waals surface area contributed by atoms with E-state index in [1.165, 1.54) is 0 Å². The third-order valence-electron chi connectivity index (χ3n) is 2.15. The minimum Gasteiger partial charge on any atom is -0.489 e. The van der Waals surface area contributed by atoms with Crippen molar-refractivity contribution in [1.82, 2.24) is 4.98 Å². The van der Waals surface area contributed by atoms with Crippen LogP contribution >= 0.6 is 11.6 Å². The predicted molar refractivity (Wildman–Crippen MR) is 70.2 cm³/mol. The van der Waals surface area contributed by atoms with E-state index in [2.05, 4.69) is 4.98 Å². The van der Waals surface area contributed by atoms with E-state index >= 15 is 0 Å². The highest BCUT2D eigenvalue weighted by atomic mass is 35.5. The molecule has 0 aliphatic carbocycles. The van der Waals surface area contributed by atoms with Gasteiger partial charge in [-0.1, -0.05) is 48.0 Å². The number of hydrogen-bond donors (Lipinski definition) is 0. The zero-order valence-electron chi connectivity index (χ0n) is 9.21. The van der Waals surface area contributed by atoms with E-state index in [4.69, 9.17) is 16.3 Å². The highest BCUT2D eigenvalue weighted by Crippen LogP contribution is 2.14. The van der Waals surface area contributed by atoms with Gasteiger partial charge in [0.1, 0.15) is 17.5 Å². The minimum atomic E-state index is 0.439. The second-order valence-corrected chi connectivity index (χ2v) is 3.83. The number of benzene rings is 1. The van der Waals surface area contributed by atoms with Crippen molar-refractivity contribution < 1.29 is 4.74 Å². The smallest absolute Gasteiger partial charge is 0.132 e. The normalized spacial score (nSPS) is 10.6. The van der Waals surface area contributed by atoms with Crippen LogP contribution in [-0.2, 0) is 0 Å². The molecular weight excluding hydrogens is 234 g/mol. The van der Waals surface area contributed by atoms with Crippen LogP contribution in [0.25, 0.3) is 6.08 Å². The molecule has 1 heterocycles. The first-order chi connectivity index (χ1) is 8.34. The third-order valence-corrected chi connectivity index (χ3v) is 2.36. The minimum absolute atomic E-state index is 0.439. The highest BCUT2D eigenvalue weighted by Gasteiger charge is 1.93. The molecular formula is C14H12ClNO. The van der Waals surface area contributed by atoms with Crippen LogP contribution in [0.2, 0.25) is 5.15 Å². The second kappa shape index (κ2) is 6.06. The first-order valence-electron chi connectivity index (χ1n) is 5.30. The molecule has 1 aromatic heterocycles. The number of nitrogens with zero attached hydrogens (tertiary/aromatic N) is 1. The Bertz CT molecular complexity index is 497. The summed E-state index contributed by atoms with van der Waals surface area (Å²) >= 11 is 5.74. The molecule has 0 bridgehead atoms. The first-order valence-corrected chi connectivity index (χ1v) is 5.68. The number of halogens is 1. The van der Waals surface area contributed by atoms with Crippen LogP contribution in [0.4, 0.5) is 0 Å². The van der Waals surface area contributed by atoms with Gasteiger partial charge in [0.05, 0.1) is 0 Å². The summed E-state index contributed by atoms with van der Waals surface area (Å²) in [5.41, 5.74) is 1.16. The van der Waals surface area contributed by atoms with Gasteiger partial charge in [0, 0.05) is 12.3 Å². The molecule has 0 fully saturated rings. The van der Waals surface area contributed by atoms with Crippen molar-refractivity contribution >= 4 is 17.7 Å². The van der Waals surface area contributed by atoms with Crippen LogP contribution in [0, 0.1) is 0 Å². The summed E-state index contributed by atoms with van der Waals surface area (Å²) in [6.07, 6.45) is 5.60. The Morgan fingerprint density at radius 1 is 1.18 bits per heavy atom. The summed E-state index contributed by atoms with van der Waals surface area (Å²) < 4.78 is 5.50. The van der Waals surface area contributed by atoms with Crippen LogP contribution in [0.1, 0.15) is 5.56 Å². The zero-order valence-corrected chi connectivity index (χ0v) is 9.97. The molecule has 2 nitrogen and oxygen atoms in total. The van der Waals surface area contributed by atoms with Crippen LogP contribution in [-0.4, -0.2) is 11.6 Å². The number of rotatable bonds is 4. The first kappa shape index (κ1) is 11.7. The van der Waals surface area contributed by atoms with E-state index in [0.717, 1.165) is 11.3 Å². The Kier molecular flexibility index (Phi) is 4.17. The van der Waals surface area contributed by atoms with Gasteiger partial charge in [0.2, 0.25) is 0 Å². The molecule has 0 saturated carbocycles. The van der Waals surface area contributed by atoms with Crippen LogP contribution in [0.15, 0.2) is 54.7 Å². The predicted octanol–water partition coefficient (Wildman–Crippen LogP) is 3.83. The summed E-state index contributed by atoms with van der Waals surface area (Å²) in [7, 11) is 0. The Labute approximate surface area is 106 Å². The zero-order chi connectivity index (χ0) is 11.9. The standard InChI is InChI=1S/C14H12ClNO/c15-14-11-13(8-9-16-14)17-10-4-7-12-5-2-1-3-6-12/h1-9,11H,10H2/b7-4+. The molecule has 1 aromatic carbocycles. The van der Waals surface area contributed by atoms with Crippen LogP contribution in [0.5, 0.6) is 5.75 Å². The molecule has 0 aliphatic heterocycles. The van der Waals surface area contributed by atoms with Crippen molar-refractivity contribution in [3.8, 4) is 5.75 Å². The van der Waals surface area contributed by atoms with E-state index in [-0.39, 0.29) is 0 Å². The van der Waals surface area contributed by atoms with Gasteiger partial charge in [-0.05, 0) is 17.7 Å². The van der Waals surface area contributed by atoms with Gasteiger partial charge in [-0.25, -0.2) is 4.98 Å². The summed E-state index contributed by atoms with van der Waals surface area (Å²) in [5.74, 6) is 0.725. The quantitative estimate of drug-likeness (QED) is 0.764. The van der Waals surface area contributed by atoms with Crippen LogP contribution in [0.3, 0.4) is 0 Å². The molecule has 0 amide bonds. The molecule has 0 aliphatic rings. The van der Waals surface area contributed by atoms with Gasteiger partial charge in [-0.15, -0.1) is 0 Å². The average Bonchev–Trinajstić information content (AvgIpc) is 2.36.